The van der Waals surface area contributed by atoms with Gasteiger partial charge in [-0.2, -0.15) is 0 Å². The van der Waals surface area contributed by atoms with E-state index in [0.29, 0.717) is 12.5 Å². The maximum absolute atomic E-state index is 12.1. The third-order valence-corrected chi connectivity index (χ3v) is 3.66. The van der Waals surface area contributed by atoms with Gasteiger partial charge in [-0.3, -0.25) is 0 Å². The molecule has 5 nitrogen and oxygen atoms in total. The van der Waals surface area contributed by atoms with Gasteiger partial charge in [-0.15, -0.1) is 0 Å². The Labute approximate surface area is 118 Å². The Morgan fingerprint density at radius 3 is 2.75 bits per heavy atom. The molecule has 0 saturated carbocycles. The van der Waals surface area contributed by atoms with Crippen molar-refractivity contribution in [3.63, 3.8) is 0 Å². The number of likely N-dealkylation sites (tertiary alicyclic amines) is 1. The number of carbonyl (C=O) groups is 2. The molecular formula is C15H20N2O3. The van der Waals surface area contributed by atoms with Crippen molar-refractivity contribution < 1.29 is 14.7 Å². The van der Waals surface area contributed by atoms with Crippen molar-refractivity contribution >= 4 is 12.0 Å². The van der Waals surface area contributed by atoms with E-state index in [1.54, 1.807) is 12.1 Å². The molecule has 0 radical (unpaired) electrons. The van der Waals surface area contributed by atoms with Gasteiger partial charge >= 0.3 is 12.0 Å². The highest BCUT2D eigenvalue weighted by Crippen LogP contribution is 2.22. The molecular weight excluding hydrogens is 256 g/mol. The van der Waals surface area contributed by atoms with Gasteiger partial charge in [-0.05, 0) is 37.0 Å². The number of aromatic carboxylic acids is 1. The Balaban J connectivity index is 1.93. The lowest BCUT2D eigenvalue weighted by atomic mass is 10.1. The van der Waals surface area contributed by atoms with Crippen LogP contribution in [0.4, 0.5) is 4.79 Å². The molecule has 0 bridgehead atoms. The van der Waals surface area contributed by atoms with Gasteiger partial charge in [-0.1, -0.05) is 19.1 Å². The summed E-state index contributed by atoms with van der Waals surface area (Å²) in [5, 5.41) is 11.8. The SMILES string of the molecule is CC1CC(C)N(C(=O)NCc2cccc(C(=O)O)c2)C1. The number of hydrogen-bond donors (Lipinski definition) is 2. The van der Waals surface area contributed by atoms with Crippen LogP contribution in [0.2, 0.25) is 0 Å². The third-order valence-electron chi connectivity index (χ3n) is 3.66. The van der Waals surface area contributed by atoms with E-state index in [1.165, 1.54) is 6.07 Å². The van der Waals surface area contributed by atoms with Crippen LogP contribution in [0.5, 0.6) is 0 Å². The van der Waals surface area contributed by atoms with Crippen molar-refractivity contribution in [1.82, 2.24) is 10.2 Å². The van der Waals surface area contributed by atoms with E-state index in [1.807, 2.05) is 17.9 Å². The number of hydrogen-bond acceptors (Lipinski definition) is 2. The van der Waals surface area contributed by atoms with Crippen molar-refractivity contribution in [2.45, 2.75) is 32.9 Å². The molecule has 108 valence electrons. The average Bonchev–Trinajstić information content (AvgIpc) is 2.75. The largest absolute Gasteiger partial charge is 0.478 e. The van der Waals surface area contributed by atoms with E-state index in [2.05, 4.69) is 12.2 Å². The van der Waals surface area contributed by atoms with E-state index in [9.17, 15) is 9.59 Å². The zero-order chi connectivity index (χ0) is 14.7. The molecule has 0 aromatic heterocycles. The van der Waals surface area contributed by atoms with E-state index in [0.717, 1.165) is 18.5 Å². The smallest absolute Gasteiger partial charge is 0.335 e. The van der Waals surface area contributed by atoms with Crippen LogP contribution in [-0.2, 0) is 6.54 Å². The molecule has 20 heavy (non-hydrogen) atoms. The maximum atomic E-state index is 12.1. The minimum absolute atomic E-state index is 0.0809. The summed E-state index contributed by atoms with van der Waals surface area (Å²) >= 11 is 0. The van der Waals surface area contributed by atoms with Crippen molar-refractivity contribution in [1.29, 1.82) is 0 Å². The van der Waals surface area contributed by atoms with Crippen LogP contribution in [0.3, 0.4) is 0 Å². The summed E-state index contributed by atoms with van der Waals surface area (Å²) in [6.07, 6.45) is 1.03. The van der Waals surface area contributed by atoms with Crippen LogP contribution in [-0.4, -0.2) is 34.6 Å². The number of rotatable bonds is 3. The minimum Gasteiger partial charge on any atom is -0.478 e. The Bertz CT molecular complexity index is 516. The second-order valence-corrected chi connectivity index (χ2v) is 5.51. The summed E-state index contributed by atoms with van der Waals surface area (Å²) in [5.41, 5.74) is 1.03. The van der Waals surface area contributed by atoms with Gasteiger partial charge in [0, 0.05) is 19.1 Å². The standard InChI is InChI=1S/C15H20N2O3/c1-10-6-11(2)17(9-10)15(20)16-8-12-4-3-5-13(7-12)14(18)19/h3-5,7,10-11H,6,8-9H2,1-2H3,(H,16,20)(H,18,19). The van der Waals surface area contributed by atoms with Crippen molar-refractivity contribution in [3.8, 4) is 0 Å². The second kappa shape index (κ2) is 5.94. The van der Waals surface area contributed by atoms with E-state index < -0.39 is 5.97 Å². The lowest BCUT2D eigenvalue weighted by Crippen LogP contribution is -2.41. The lowest BCUT2D eigenvalue weighted by molar-refractivity contribution is 0.0696. The molecule has 0 aliphatic carbocycles. The fourth-order valence-corrected chi connectivity index (χ4v) is 2.68. The van der Waals surface area contributed by atoms with Crippen LogP contribution in [0, 0.1) is 5.92 Å². The topological polar surface area (TPSA) is 69.6 Å². The van der Waals surface area contributed by atoms with Gasteiger partial charge in [-0.25, -0.2) is 9.59 Å². The van der Waals surface area contributed by atoms with Crippen molar-refractivity contribution in [3.05, 3.63) is 35.4 Å². The molecule has 2 N–H and O–H groups in total. The van der Waals surface area contributed by atoms with Gasteiger partial charge in [0.15, 0.2) is 0 Å². The molecule has 0 spiro atoms. The number of nitrogens with zero attached hydrogens (tertiary/aromatic N) is 1. The number of nitrogens with one attached hydrogen (secondary N) is 1. The van der Waals surface area contributed by atoms with Crippen LogP contribution in [0.15, 0.2) is 24.3 Å². The molecule has 2 atom stereocenters. The molecule has 1 fully saturated rings. The zero-order valence-electron chi connectivity index (χ0n) is 11.8. The Morgan fingerprint density at radius 2 is 2.15 bits per heavy atom. The van der Waals surface area contributed by atoms with Crippen LogP contribution < -0.4 is 5.32 Å². The van der Waals surface area contributed by atoms with Crippen molar-refractivity contribution in [2.75, 3.05) is 6.54 Å². The highest BCUT2D eigenvalue weighted by atomic mass is 16.4. The highest BCUT2D eigenvalue weighted by molar-refractivity contribution is 5.87. The van der Waals surface area contributed by atoms with Crippen molar-refractivity contribution in [2.24, 2.45) is 5.92 Å². The Morgan fingerprint density at radius 1 is 1.40 bits per heavy atom. The maximum Gasteiger partial charge on any atom is 0.335 e. The van der Waals surface area contributed by atoms with Gasteiger partial charge in [0.2, 0.25) is 0 Å². The number of urea groups is 1. The number of benzene rings is 1. The lowest BCUT2D eigenvalue weighted by Gasteiger charge is -2.22. The number of carboxylic acid groups (broad SMARTS) is 1. The molecule has 2 rings (SSSR count). The first-order chi connectivity index (χ1) is 9.47. The molecule has 1 saturated heterocycles. The molecule has 2 unspecified atom stereocenters. The first-order valence-electron chi connectivity index (χ1n) is 6.84. The molecule has 1 aliphatic rings. The monoisotopic (exact) mass is 276 g/mol. The summed E-state index contributed by atoms with van der Waals surface area (Å²) in [6.45, 7) is 5.31. The summed E-state index contributed by atoms with van der Waals surface area (Å²) < 4.78 is 0. The van der Waals surface area contributed by atoms with Gasteiger partial charge in [0.05, 0.1) is 5.56 Å². The number of carbonyl (C=O) groups excluding carboxylic acids is 1. The van der Waals surface area contributed by atoms with Crippen LogP contribution >= 0.6 is 0 Å². The highest BCUT2D eigenvalue weighted by Gasteiger charge is 2.29. The number of carboxylic acids is 1. The number of amides is 2. The summed E-state index contributed by atoms with van der Waals surface area (Å²) in [7, 11) is 0. The molecule has 1 aliphatic heterocycles. The quantitative estimate of drug-likeness (QED) is 0.890. The summed E-state index contributed by atoms with van der Waals surface area (Å²) in [4.78, 5) is 24.8. The Kier molecular flexibility index (Phi) is 4.27. The average molecular weight is 276 g/mol. The zero-order valence-corrected chi connectivity index (χ0v) is 11.8. The van der Waals surface area contributed by atoms with Gasteiger partial charge in [0.25, 0.3) is 0 Å². The van der Waals surface area contributed by atoms with Crippen LogP contribution in [0.1, 0.15) is 36.2 Å². The molecule has 2 amide bonds. The molecule has 1 aromatic rings. The van der Waals surface area contributed by atoms with Crippen LogP contribution in [0.25, 0.3) is 0 Å². The molecule has 5 heteroatoms. The van der Waals surface area contributed by atoms with Gasteiger partial charge in [0.1, 0.15) is 0 Å². The fraction of sp³-hybridized carbons (Fsp3) is 0.467. The van der Waals surface area contributed by atoms with E-state index in [4.69, 9.17) is 5.11 Å². The first-order valence-corrected chi connectivity index (χ1v) is 6.84. The molecule has 1 aromatic carbocycles. The normalized spacial score (nSPS) is 21.8. The minimum atomic E-state index is -0.958. The van der Waals surface area contributed by atoms with Gasteiger partial charge < -0.3 is 15.3 Å². The second-order valence-electron chi connectivity index (χ2n) is 5.51. The van der Waals surface area contributed by atoms with E-state index >= 15 is 0 Å². The summed E-state index contributed by atoms with van der Waals surface area (Å²) in [5.74, 6) is -0.425. The molecule has 1 heterocycles. The first kappa shape index (κ1) is 14.4. The summed E-state index contributed by atoms with van der Waals surface area (Å²) in [6, 6.07) is 6.79. The third kappa shape index (κ3) is 3.29. The predicted octanol–water partition coefficient (Wildman–Crippen LogP) is 2.32. The Hall–Kier alpha value is -2.04. The van der Waals surface area contributed by atoms with E-state index in [-0.39, 0.29) is 17.6 Å². The predicted molar refractivity (Wildman–Crippen MR) is 75.6 cm³/mol. The fourth-order valence-electron chi connectivity index (χ4n) is 2.68.